The van der Waals surface area contributed by atoms with E-state index in [0.29, 0.717) is 0 Å². The Morgan fingerprint density at radius 3 is 2.64 bits per heavy atom. The quantitative estimate of drug-likeness (QED) is 0.670. The van der Waals surface area contributed by atoms with Crippen LogP contribution in [0.15, 0.2) is 12.6 Å². The van der Waals surface area contributed by atoms with E-state index in [1.54, 1.807) is 0 Å². The fourth-order valence-corrected chi connectivity index (χ4v) is 2.33. The van der Waals surface area contributed by atoms with Gasteiger partial charge in [0.1, 0.15) is 4.34 Å². The van der Waals surface area contributed by atoms with Crippen molar-refractivity contribution in [3.8, 4) is 0 Å². The summed E-state index contributed by atoms with van der Waals surface area (Å²) in [5.74, 6) is 0. The number of thiophene rings is 1. The van der Waals surface area contributed by atoms with E-state index in [1.165, 1.54) is 11.3 Å². The van der Waals surface area contributed by atoms with Crippen LogP contribution in [0.2, 0.25) is 8.67 Å². The molecule has 0 fully saturated rings. The minimum absolute atomic E-state index is 0.722. The van der Waals surface area contributed by atoms with Crippen molar-refractivity contribution < 1.29 is 0 Å². The zero-order valence-electron chi connectivity index (χ0n) is 6.16. The van der Waals surface area contributed by atoms with Crippen LogP contribution in [-0.4, -0.2) is 0 Å². The maximum atomic E-state index is 5.89. The van der Waals surface area contributed by atoms with Crippen molar-refractivity contribution in [2.75, 3.05) is 0 Å². The van der Waals surface area contributed by atoms with Crippen molar-refractivity contribution >= 4 is 40.1 Å². The Balaban J connectivity index is 3.03. The smallest absolute Gasteiger partial charge is 0.102 e. The van der Waals surface area contributed by atoms with Crippen LogP contribution in [0.3, 0.4) is 0 Å². The number of hydrogen-bond donors (Lipinski definition) is 0. The predicted octanol–water partition coefficient (Wildman–Crippen LogP) is 4.48. The summed E-state index contributed by atoms with van der Waals surface area (Å²) in [5, 5.41) is 0. The van der Waals surface area contributed by atoms with Crippen molar-refractivity contribution in [1.82, 2.24) is 0 Å². The van der Waals surface area contributed by atoms with Gasteiger partial charge in [-0.3, -0.25) is 0 Å². The third-order valence-corrected chi connectivity index (χ3v) is 2.95. The molecule has 0 atom stereocenters. The fourth-order valence-electron chi connectivity index (χ4n) is 0.772. The molecule has 0 unspecified atom stereocenters. The predicted molar refractivity (Wildman–Crippen MR) is 53.7 cm³/mol. The van der Waals surface area contributed by atoms with Gasteiger partial charge in [-0.1, -0.05) is 36.7 Å². The molecule has 0 aromatic carbocycles. The molecule has 0 aliphatic carbocycles. The highest BCUT2D eigenvalue weighted by molar-refractivity contribution is 7.20. The van der Waals surface area contributed by atoms with Gasteiger partial charge in [0, 0.05) is 5.56 Å². The summed E-state index contributed by atoms with van der Waals surface area (Å²) in [5.41, 5.74) is 2.03. The van der Waals surface area contributed by atoms with Crippen LogP contribution in [0.1, 0.15) is 18.9 Å². The molecule has 11 heavy (non-hydrogen) atoms. The van der Waals surface area contributed by atoms with Gasteiger partial charge in [0.25, 0.3) is 0 Å². The van der Waals surface area contributed by atoms with E-state index in [1.807, 2.05) is 13.0 Å². The zero-order chi connectivity index (χ0) is 8.43. The van der Waals surface area contributed by atoms with Crippen molar-refractivity contribution in [1.29, 1.82) is 0 Å². The second kappa shape index (κ2) is 3.61. The maximum Gasteiger partial charge on any atom is 0.102 e. The molecule has 1 aromatic heterocycles. The summed E-state index contributed by atoms with van der Waals surface area (Å²) in [6.45, 7) is 5.93. The zero-order valence-corrected chi connectivity index (χ0v) is 8.48. The third-order valence-electron chi connectivity index (χ3n) is 1.46. The molecule has 0 aliphatic heterocycles. The Morgan fingerprint density at radius 1 is 1.64 bits per heavy atom. The van der Waals surface area contributed by atoms with E-state index >= 15 is 0 Å². The Hall–Kier alpha value is 0.0200. The van der Waals surface area contributed by atoms with E-state index in [4.69, 9.17) is 23.2 Å². The molecular formula is C8H8Cl2S. The third kappa shape index (κ3) is 1.98. The average molecular weight is 207 g/mol. The lowest BCUT2D eigenvalue weighted by molar-refractivity contribution is 1.25. The molecule has 3 heteroatoms. The van der Waals surface area contributed by atoms with E-state index < -0.39 is 0 Å². The van der Waals surface area contributed by atoms with Gasteiger partial charge in [0.15, 0.2) is 0 Å². The van der Waals surface area contributed by atoms with Crippen LogP contribution < -0.4 is 0 Å². The Labute approximate surface area is 80.4 Å². The monoisotopic (exact) mass is 206 g/mol. The minimum Gasteiger partial charge on any atom is -0.111 e. The van der Waals surface area contributed by atoms with Gasteiger partial charge in [0.2, 0.25) is 0 Å². The SMILES string of the molecule is C=C(CC)c1cc(Cl)sc1Cl. The molecule has 1 aromatic rings. The highest BCUT2D eigenvalue weighted by atomic mass is 35.5. The van der Waals surface area contributed by atoms with Crippen LogP contribution in [0.4, 0.5) is 0 Å². The first-order valence-corrected chi connectivity index (χ1v) is 4.85. The van der Waals surface area contributed by atoms with Crippen LogP contribution >= 0.6 is 34.5 Å². The highest BCUT2D eigenvalue weighted by Gasteiger charge is 2.06. The Morgan fingerprint density at radius 2 is 2.27 bits per heavy atom. The molecule has 0 spiro atoms. The van der Waals surface area contributed by atoms with Gasteiger partial charge >= 0.3 is 0 Å². The minimum atomic E-state index is 0.722. The van der Waals surface area contributed by atoms with Crippen molar-refractivity contribution in [3.63, 3.8) is 0 Å². The second-order valence-corrected chi connectivity index (χ2v) is 4.48. The first kappa shape index (κ1) is 9.11. The van der Waals surface area contributed by atoms with Gasteiger partial charge in [-0.05, 0) is 18.1 Å². The number of rotatable bonds is 2. The molecular weight excluding hydrogens is 199 g/mol. The van der Waals surface area contributed by atoms with E-state index in [9.17, 15) is 0 Å². The number of allylic oxidation sites excluding steroid dienone is 1. The van der Waals surface area contributed by atoms with Crippen molar-refractivity contribution in [3.05, 3.63) is 26.9 Å². The summed E-state index contributed by atoms with van der Waals surface area (Å²) in [6.07, 6.45) is 0.910. The van der Waals surface area contributed by atoms with Crippen LogP contribution in [0.25, 0.3) is 5.57 Å². The summed E-state index contributed by atoms with van der Waals surface area (Å²) in [6, 6.07) is 1.86. The van der Waals surface area contributed by atoms with E-state index in [0.717, 1.165) is 26.2 Å². The topological polar surface area (TPSA) is 0 Å². The lowest BCUT2D eigenvalue weighted by Gasteiger charge is -1.97. The summed E-state index contributed by atoms with van der Waals surface area (Å²) >= 11 is 13.0. The molecule has 1 rings (SSSR count). The molecule has 1 heterocycles. The van der Waals surface area contributed by atoms with Gasteiger partial charge in [-0.2, -0.15) is 0 Å². The Bertz CT molecular complexity index is 276. The summed E-state index contributed by atoms with van der Waals surface area (Å²) in [4.78, 5) is 0. The van der Waals surface area contributed by atoms with Crippen LogP contribution in [0.5, 0.6) is 0 Å². The van der Waals surface area contributed by atoms with Crippen molar-refractivity contribution in [2.24, 2.45) is 0 Å². The van der Waals surface area contributed by atoms with Gasteiger partial charge in [0.05, 0.1) is 4.34 Å². The summed E-state index contributed by atoms with van der Waals surface area (Å²) in [7, 11) is 0. The molecule has 0 aliphatic rings. The van der Waals surface area contributed by atoms with E-state index in [2.05, 4.69) is 6.58 Å². The molecule has 0 saturated heterocycles. The number of hydrogen-bond acceptors (Lipinski definition) is 1. The fraction of sp³-hybridized carbons (Fsp3) is 0.250. The maximum absolute atomic E-state index is 5.89. The highest BCUT2D eigenvalue weighted by Crippen LogP contribution is 2.35. The largest absolute Gasteiger partial charge is 0.111 e. The lowest BCUT2D eigenvalue weighted by atomic mass is 10.1. The molecule has 0 bridgehead atoms. The molecule has 0 N–H and O–H groups in total. The lowest BCUT2D eigenvalue weighted by Crippen LogP contribution is -1.75. The van der Waals surface area contributed by atoms with Gasteiger partial charge in [-0.25, -0.2) is 0 Å². The number of halogens is 2. The first-order valence-electron chi connectivity index (χ1n) is 3.28. The van der Waals surface area contributed by atoms with Crippen LogP contribution in [-0.2, 0) is 0 Å². The standard InChI is InChI=1S/C8H8Cl2S/c1-3-5(2)6-4-7(9)11-8(6)10/h4H,2-3H2,1H3. The second-order valence-electron chi connectivity index (χ2n) is 2.19. The molecule has 0 saturated carbocycles. The molecule has 0 amide bonds. The molecule has 0 radical (unpaired) electrons. The molecule has 60 valence electrons. The Kier molecular flexibility index (Phi) is 2.99. The van der Waals surface area contributed by atoms with Crippen LogP contribution in [0, 0.1) is 0 Å². The first-order chi connectivity index (χ1) is 5.15. The molecule has 0 nitrogen and oxygen atoms in total. The van der Waals surface area contributed by atoms with Crippen molar-refractivity contribution in [2.45, 2.75) is 13.3 Å². The average Bonchev–Trinajstić information content (AvgIpc) is 2.28. The normalized spacial score (nSPS) is 10.1. The summed E-state index contributed by atoms with van der Waals surface area (Å²) < 4.78 is 1.46. The van der Waals surface area contributed by atoms with E-state index in [-0.39, 0.29) is 0 Å². The van der Waals surface area contributed by atoms with Gasteiger partial charge < -0.3 is 0 Å². The van der Waals surface area contributed by atoms with Gasteiger partial charge in [-0.15, -0.1) is 11.3 Å².